The Balaban J connectivity index is 1.65. The van der Waals surface area contributed by atoms with Gasteiger partial charge in [-0.2, -0.15) is 0 Å². The van der Waals surface area contributed by atoms with E-state index in [9.17, 15) is 4.79 Å². The lowest BCUT2D eigenvalue weighted by atomic mass is 9.86. The van der Waals surface area contributed by atoms with Crippen LogP contribution in [0.25, 0.3) is 10.6 Å². The number of aliphatic carboxylic acids is 1. The number of carboxylic acids is 1. The molecule has 0 aliphatic heterocycles. The van der Waals surface area contributed by atoms with Gasteiger partial charge in [0.05, 0.1) is 18.7 Å². The number of methoxy groups -OCH3 is 1. The van der Waals surface area contributed by atoms with Gasteiger partial charge in [-0.3, -0.25) is 4.79 Å². The molecule has 0 amide bonds. The molecule has 0 spiro atoms. The molecule has 6 heteroatoms. The molecular weight excluding hydrogens is 348 g/mol. The molecule has 26 heavy (non-hydrogen) atoms. The number of ether oxygens (including phenoxy) is 1. The third-order valence-electron chi connectivity index (χ3n) is 5.12. The van der Waals surface area contributed by atoms with E-state index < -0.39 is 5.97 Å². The van der Waals surface area contributed by atoms with Gasteiger partial charge in [0.15, 0.2) is 0 Å². The van der Waals surface area contributed by atoms with Crippen LogP contribution in [0.15, 0.2) is 24.3 Å². The molecular formula is C20H26N2O3S. The van der Waals surface area contributed by atoms with E-state index in [1.54, 1.807) is 18.4 Å². The second kappa shape index (κ2) is 8.18. The summed E-state index contributed by atoms with van der Waals surface area (Å²) in [4.78, 5) is 17.1. The number of benzene rings is 1. The molecule has 1 aromatic heterocycles. The zero-order valence-corrected chi connectivity index (χ0v) is 16.3. The second-order valence-corrected chi connectivity index (χ2v) is 8.00. The van der Waals surface area contributed by atoms with Gasteiger partial charge in [-0.1, -0.05) is 0 Å². The Hall–Kier alpha value is -1.92. The summed E-state index contributed by atoms with van der Waals surface area (Å²) in [6, 6.07) is 8.57. The molecule has 1 heterocycles. The standard InChI is InChI=1S/C20H26N2O3S/c1-12(21-16-8-4-15(5-9-16)20(23)24)18-13(2)22-19(26-18)14-6-10-17(25-3)11-7-14/h6-7,10-12,15-16,21H,4-5,8-9H2,1-3H3,(H,23,24). The van der Waals surface area contributed by atoms with Gasteiger partial charge < -0.3 is 15.2 Å². The monoisotopic (exact) mass is 374 g/mol. The fraction of sp³-hybridized carbons (Fsp3) is 0.500. The Morgan fingerprint density at radius 2 is 1.92 bits per heavy atom. The maximum Gasteiger partial charge on any atom is 0.306 e. The summed E-state index contributed by atoms with van der Waals surface area (Å²) in [5.74, 6) is 0.0170. The number of hydrogen-bond donors (Lipinski definition) is 2. The van der Waals surface area contributed by atoms with Crippen LogP contribution in [0.4, 0.5) is 0 Å². The quantitative estimate of drug-likeness (QED) is 0.783. The number of carboxylic acid groups (broad SMARTS) is 1. The molecule has 0 bridgehead atoms. The Morgan fingerprint density at radius 1 is 1.27 bits per heavy atom. The Kier molecular flexibility index (Phi) is 5.94. The third-order valence-corrected chi connectivity index (χ3v) is 6.51. The number of carbonyl (C=O) groups is 1. The van der Waals surface area contributed by atoms with E-state index in [4.69, 9.17) is 14.8 Å². The molecule has 1 unspecified atom stereocenters. The van der Waals surface area contributed by atoms with E-state index in [2.05, 4.69) is 19.2 Å². The van der Waals surface area contributed by atoms with Crippen LogP contribution in [0.3, 0.4) is 0 Å². The molecule has 1 aliphatic carbocycles. The highest BCUT2D eigenvalue weighted by molar-refractivity contribution is 7.15. The van der Waals surface area contributed by atoms with Crippen molar-refractivity contribution in [2.75, 3.05) is 7.11 Å². The summed E-state index contributed by atoms with van der Waals surface area (Å²) in [6.07, 6.45) is 3.37. The van der Waals surface area contributed by atoms with Crippen LogP contribution in [0.5, 0.6) is 5.75 Å². The van der Waals surface area contributed by atoms with E-state index in [-0.39, 0.29) is 12.0 Å². The van der Waals surface area contributed by atoms with Crippen molar-refractivity contribution in [2.45, 2.75) is 51.6 Å². The first-order chi connectivity index (χ1) is 12.5. The molecule has 140 valence electrons. The van der Waals surface area contributed by atoms with Crippen LogP contribution < -0.4 is 10.1 Å². The molecule has 2 aromatic rings. The fourth-order valence-electron chi connectivity index (χ4n) is 3.60. The summed E-state index contributed by atoms with van der Waals surface area (Å²) in [5.41, 5.74) is 2.15. The number of aromatic nitrogens is 1. The topological polar surface area (TPSA) is 71.5 Å². The highest BCUT2D eigenvalue weighted by atomic mass is 32.1. The number of nitrogens with zero attached hydrogens (tertiary/aromatic N) is 1. The van der Waals surface area contributed by atoms with E-state index in [1.165, 1.54) is 4.88 Å². The van der Waals surface area contributed by atoms with Crippen molar-refractivity contribution in [1.29, 1.82) is 0 Å². The molecule has 2 N–H and O–H groups in total. The average molecular weight is 375 g/mol. The second-order valence-electron chi connectivity index (χ2n) is 6.97. The van der Waals surface area contributed by atoms with Gasteiger partial charge >= 0.3 is 5.97 Å². The summed E-state index contributed by atoms with van der Waals surface area (Å²) in [5, 5.41) is 13.8. The molecule has 5 nitrogen and oxygen atoms in total. The van der Waals surface area contributed by atoms with E-state index >= 15 is 0 Å². The van der Waals surface area contributed by atoms with Crippen molar-refractivity contribution in [3.63, 3.8) is 0 Å². The largest absolute Gasteiger partial charge is 0.497 e. The predicted octanol–water partition coefficient (Wildman–Crippen LogP) is 4.42. The SMILES string of the molecule is COc1ccc(-c2nc(C)c(C(C)NC3CCC(C(=O)O)CC3)s2)cc1. The normalized spacial score (nSPS) is 21.3. The minimum Gasteiger partial charge on any atom is -0.497 e. The van der Waals surface area contributed by atoms with Crippen LogP contribution in [0.2, 0.25) is 0 Å². The summed E-state index contributed by atoms with van der Waals surface area (Å²) >= 11 is 1.72. The van der Waals surface area contributed by atoms with Crippen LogP contribution >= 0.6 is 11.3 Å². The van der Waals surface area contributed by atoms with Crippen molar-refractivity contribution >= 4 is 17.3 Å². The number of aryl methyl sites for hydroxylation is 1. The van der Waals surface area contributed by atoms with Crippen LogP contribution in [-0.4, -0.2) is 29.2 Å². The van der Waals surface area contributed by atoms with Gasteiger partial charge in [0, 0.05) is 22.5 Å². The van der Waals surface area contributed by atoms with Gasteiger partial charge in [0.1, 0.15) is 10.8 Å². The van der Waals surface area contributed by atoms with Gasteiger partial charge in [0.25, 0.3) is 0 Å². The van der Waals surface area contributed by atoms with Gasteiger partial charge in [-0.05, 0) is 63.8 Å². The summed E-state index contributed by atoms with van der Waals surface area (Å²) in [7, 11) is 1.66. The first-order valence-electron chi connectivity index (χ1n) is 9.08. The zero-order valence-electron chi connectivity index (χ0n) is 15.5. The molecule has 0 saturated heterocycles. The molecule has 1 aliphatic rings. The minimum absolute atomic E-state index is 0.171. The first-order valence-corrected chi connectivity index (χ1v) is 9.90. The predicted molar refractivity (Wildman–Crippen MR) is 104 cm³/mol. The summed E-state index contributed by atoms with van der Waals surface area (Å²) in [6.45, 7) is 4.22. The number of thiazole rings is 1. The highest BCUT2D eigenvalue weighted by Crippen LogP contribution is 2.34. The fourth-order valence-corrected chi connectivity index (χ4v) is 4.69. The molecule has 1 atom stereocenters. The molecule has 1 aromatic carbocycles. The van der Waals surface area contributed by atoms with E-state index in [0.29, 0.717) is 6.04 Å². The average Bonchev–Trinajstić information content (AvgIpc) is 3.04. The lowest BCUT2D eigenvalue weighted by Gasteiger charge is -2.29. The maximum atomic E-state index is 11.1. The van der Waals surface area contributed by atoms with Crippen molar-refractivity contribution < 1.29 is 14.6 Å². The molecule has 1 fully saturated rings. The summed E-state index contributed by atoms with van der Waals surface area (Å²) < 4.78 is 5.22. The van der Waals surface area contributed by atoms with Gasteiger partial charge in [-0.25, -0.2) is 4.98 Å². The zero-order chi connectivity index (χ0) is 18.7. The van der Waals surface area contributed by atoms with Crippen LogP contribution in [-0.2, 0) is 4.79 Å². The Morgan fingerprint density at radius 3 is 2.50 bits per heavy atom. The third kappa shape index (κ3) is 4.24. The first kappa shape index (κ1) is 18.9. The van der Waals surface area contributed by atoms with Crippen molar-refractivity contribution in [3.05, 3.63) is 34.8 Å². The van der Waals surface area contributed by atoms with Gasteiger partial charge in [-0.15, -0.1) is 11.3 Å². The lowest BCUT2D eigenvalue weighted by Crippen LogP contribution is -2.36. The van der Waals surface area contributed by atoms with Crippen molar-refractivity contribution in [1.82, 2.24) is 10.3 Å². The number of rotatable bonds is 6. The smallest absolute Gasteiger partial charge is 0.306 e. The van der Waals surface area contributed by atoms with Crippen LogP contribution in [0.1, 0.15) is 49.2 Å². The number of hydrogen-bond acceptors (Lipinski definition) is 5. The highest BCUT2D eigenvalue weighted by Gasteiger charge is 2.27. The minimum atomic E-state index is -0.654. The van der Waals surface area contributed by atoms with Gasteiger partial charge in [0.2, 0.25) is 0 Å². The molecule has 0 radical (unpaired) electrons. The Labute approximate surface area is 158 Å². The van der Waals surface area contributed by atoms with Crippen molar-refractivity contribution in [2.24, 2.45) is 5.92 Å². The lowest BCUT2D eigenvalue weighted by molar-refractivity contribution is -0.142. The maximum absolute atomic E-state index is 11.1. The van der Waals surface area contributed by atoms with Crippen LogP contribution in [0, 0.1) is 12.8 Å². The van der Waals surface area contributed by atoms with E-state index in [0.717, 1.165) is 47.7 Å². The Bertz CT molecular complexity index is 749. The molecule has 1 saturated carbocycles. The van der Waals surface area contributed by atoms with Crippen molar-refractivity contribution in [3.8, 4) is 16.3 Å². The molecule has 3 rings (SSSR count). The number of nitrogens with one attached hydrogen (secondary N) is 1. The van der Waals surface area contributed by atoms with E-state index in [1.807, 2.05) is 24.3 Å².